The number of thiazole rings is 1. The van der Waals surface area contributed by atoms with Crippen LogP contribution in [0.4, 0.5) is 10.8 Å². The molecule has 1 N–H and O–H groups in total. The Morgan fingerprint density at radius 1 is 1.35 bits per heavy atom. The second-order valence-electron chi connectivity index (χ2n) is 3.69. The van der Waals surface area contributed by atoms with Gasteiger partial charge in [0.1, 0.15) is 0 Å². The van der Waals surface area contributed by atoms with Crippen LogP contribution in [0.25, 0.3) is 0 Å². The first-order valence-electron chi connectivity index (χ1n) is 5.46. The van der Waals surface area contributed by atoms with Crippen LogP contribution in [0.2, 0.25) is 0 Å². The van der Waals surface area contributed by atoms with Gasteiger partial charge in [-0.05, 0) is 37.6 Å². The Balaban J connectivity index is 2.17. The lowest BCUT2D eigenvalue weighted by Gasteiger charge is -2.01. The molecule has 17 heavy (non-hydrogen) atoms. The maximum Gasteiger partial charge on any atom is 0.187 e. The first kappa shape index (κ1) is 11.6. The highest BCUT2D eigenvalue weighted by atomic mass is 32.1. The lowest BCUT2D eigenvalue weighted by Crippen LogP contribution is -1.90. The zero-order chi connectivity index (χ0) is 12.3. The Bertz CT molecular complexity index is 549. The summed E-state index contributed by atoms with van der Waals surface area (Å²) in [5.41, 5.74) is 2.77. The van der Waals surface area contributed by atoms with Crippen LogP contribution in [-0.2, 0) is 6.42 Å². The number of aryl methyl sites for hydroxylation is 2. The Kier molecular flexibility index (Phi) is 3.40. The van der Waals surface area contributed by atoms with Crippen molar-refractivity contribution in [1.82, 2.24) is 4.98 Å². The van der Waals surface area contributed by atoms with Gasteiger partial charge in [0.25, 0.3) is 0 Å². The van der Waals surface area contributed by atoms with Crippen LogP contribution in [0.5, 0.6) is 0 Å². The summed E-state index contributed by atoms with van der Waals surface area (Å²) in [5.74, 6) is 0. The number of nitrogens with one attached hydrogen (secondary N) is 1. The third-order valence-electron chi connectivity index (χ3n) is 2.49. The van der Waals surface area contributed by atoms with Gasteiger partial charge in [-0.25, -0.2) is 4.98 Å². The van der Waals surface area contributed by atoms with Crippen molar-refractivity contribution in [2.75, 3.05) is 5.32 Å². The van der Waals surface area contributed by atoms with Crippen LogP contribution in [-0.4, -0.2) is 4.98 Å². The number of nitrogens with zero attached hydrogens (tertiary/aromatic N) is 2. The number of hydrogen-bond donors (Lipinski definition) is 1. The molecule has 0 spiro atoms. The lowest BCUT2D eigenvalue weighted by molar-refractivity contribution is 1.05. The minimum atomic E-state index is 0.667. The van der Waals surface area contributed by atoms with E-state index in [1.807, 2.05) is 12.1 Å². The molecule has 0 aliphatic rings. The third kappa shape index (κ3) is 2.63. The van der Waals surface area contributed by atoms with Crippen LogP contribution in [0, 0.1) is 18.3 Å². The molecule has 4 heteroatoms. The quantitative estimate of drug-likeness (QED) is 0.895. The molecule has 0 aliphatic heterocycles. The van der Waals surface area contributed by atoms with Crippen molar-refractivity contribution in [3.05, 3.63) is 40.4 Å². The van der Waals surface area contributed by atoms with Gasteiger partial charge in [-0.2, -0.15) is 5.26 Å². The smallest absolute Gasteiger partial charge is 0.187 e. The molecule has 0 atom stereocenters. The normalized spacial score (nSPS) is 9.94. The maximum absolute atomic E-state index is 8.71. The van der Waals surface area contributed by atoms with Crippen molar-refractivity contribution in [2.24, 2.45) is 0 Å². The van der Waals surface area contributed by atoms with Gasteiger partial charge in [-0.1, -0.05) is 6.92 Å². The Morgan fingerprint density at radius 2 is 2.06 bits per heavy atom. The molecule has 0 saturated carbocycles. The molecular formula is C13H13N3S. The standard InChI is InChI=1S/C13H13N3S/c1-3-12-9(2)17-13(16-12)15-11-6-4-10(8-14)5-7-11/h4-7H,3H2,1-2H3,(H,15,16). The predicted molar refractivity (Wildman–Crippen MR) is 70.7 cm³/mol. The molecular weight excluding hydrogens is 230 g/mol. The molecule has 0 saturated heterocycles. The second kappa shape index (κ2) is 4.98. The molecule has 1 aromatic heterocycles. The molecule has 3 nitrogen and oxygen atoms in total. The number of rotatable bonds is 3. The van der Waals surface area contributed by atoms with Gasteiger partial charge in [0.2, 0.25) is 0 Å². The average molecular weight is 243 g/mol. The third-order valence-corrected chi connectivity index (χ3v) is 3.42. The number of nitriles is 1. The second-order valence-corrected chi connectivity index (χ2v) is 4.89. The molecule has 1 heterocycles. The summed E-state index contributed by atoms with van der Waals surface area (Å²) in [7, 11) is 0. The minimum absolute atomic E-state index is 0.667. The summed E-state index contributed by atoms with van der Waals surface area (Å²) >= 11 is 1.66. The fourth-order valence-corrected chi connectivity index (χ4v) is 2.48. The van der Waals surface area contributed by atoms with Crippen LogP contribution in [0.1, 0.15) is 23.1 Å². The first-order chi connectivity index (χ1) is 8.22. The monoisotopic (exact) mass is 243 g/mol. The van der Waals surface area contributed by atoms with E-state index in [1.54, 1.807) is 23.5 Å². The summed E-state index contributed by atoms with van der Waals surface area (Å²) in [6.07, 6.45) is 0.956. The highest BCUT2D eigenvalue weighted by molar-refractivity contribution is 7.15. The summed E-state index contributed by atoms with van der Waals surface area (Å²) < 4.78 is 0. The van der Waals surface area contributed by atoms with Crippen LogP contribution >= 0.6 is 11.3 Å². The van der Waals surface area contributed by atoms with E-state index in [9.17, 15) is 0 Å². The molecule has 0 fully saturated rings. The molecule has 0 bridgehead atoms. The Hall–Kier alpha value is -1.86. The summed E-state index contributed by atoms with van der Waals surface area (Å²) in [4.78, 5) is 5.76. The highest BCUT2D eigenvalue weighted by Crippen LogP contribution is 2.25. The zero-order valence-electron chi connectivity index (χ0n) is 9.82. The van der Waals surface area contributed by atoms with Gasteiger partial charge >= 0.3 is 0 Å². The number of benzene rings is 1. The SMILES string of the molecule is CCc1nc(Nc2ccc(C#N)cc2)sc1C. The molecule has 0 amide bonds. The molecule has 0 unspecified atom stereocenters. The topological polar surface area (TPSA) is 48.7 Å². The van der Waals surface area contributed by atoms with Crippen molar-refractivity contribution in [3.63, 3.8) is 0 Å². The van der Waals surface area contributed by atoms with Crippen molar-refractivity contribution in [1.29, 1.82) is 5.26 Å². The molecule has 0 aliphatic carbocycles. The van der Waals surface area contributed by atoms with Gasteiger partial charge < -0.3 is 5.32 Å². The van der Waals surface area contributed by atoms with Crippen molar-refractivity contribution >= 4 is 22.2 Å². The lowest BCUT2D eigenvalue weighted by atomic mass is 10.2. The van der Waals surface area contributed by atoms with E-state index in [0.717, 1.165) is 22.9 Å². The number of anilines is 2. The van der Waals surface area contributed by atoms with E-state index in [4.69, 9.17) is 5.26 Å². The van der Waals surface area contributed by atoms with Gasteiger partial charge in [0, 0.05) is 10.6 Å². The van der Waals surface area contributed by atoms with E-state index in [1.165, 1.54) is 4.88 Å². The van der Waals surface area contributed by atoms with Crippen LogP contribution < -0.4 is 5.32 Å². The molecule has 86 valence electrons. The zero-order valence-corrected chi connectivity index (χ0v) is 10.6. The molecule has 2 rings (SSSR count). The number of hydrogen-bond acceptors (Lipinski definition) is 4. The maximum atomic E-state index is 8.71. The van der Waals surface area contributed by atoms with Crippen LogP contribution in [0.15, 0.2) is 24.3 Å². The summed E-state index contributed by atoms with van der Waals surface area (Å²) in [5, 5.41) is 12.9. The van der Waals surface area contributed by atoms with E-state index in [2.05, 4.69) is 30.2 Å². The van der Waals surface area contributed by atoms with Gasteiger partial charge in [0.05, 0.1) is 17.3 Å². The van der Waals surface area contributed by atoms with E-state index < -0.39 is 0 Å². The number of aromatic nitrogens is 1. The largest absolute Gasteiger partial charge is 0.332 e. The van der Waals surface area contributed by atoms with Gasteiger partial charge in [-0.3, -0.25) is 0 Å². The highest BCUT2D eigenvalue weighted by Gasteiger charge is 2.05. The molecule has 0 radical (unpaired) electrons. The van der Waals surface area contributed by atoms with E-state index in [0.29, 0.717) is 5.56 Å². The predicted octanol–water partition coefficient (Wildman–Crippen LogP) is 3.63. The first-order valence-corrected chi connectivity index (χ1v) is 6.28. The van der Waals surface area contributed by atoms with Crippen molar-refractivity contribution in [3.8, 4) is 6.07 Å². The molecule has 2 aromatic rings. The Morgan fingerprint density at radius 3 is 2.59 bits per heavy atom. The summed E-state index contributed by atoms with van der Waals surface area (Å²) in [6, 6.07) is 9.47. The fourth-order valence-electron chi connectivity index (χ4n) is 1.56. The molecule has 1 aromatic carbocycles. The van der Waals surface area contributed by atoms with Crippen LogP contribution in [0.3, 0.4) is 0 Å². The average Bonchev–Trinajstić information content (AvgIpc) is 2.70. The minimum Gasteiger partial charge on any atom is -0.332 e. The Labute approximate surface area is 105 Å². The van der Waals surface area contributed by atoms with Crippen molar-refractivity contribution in [2.45, 2.75) is 20.3 Å². The van der Waals surface area contributed by atoms with Crippen molar-refractivity contribution < 1.29 is 0 Å². The summed E-state index contributed by atoms with van der Waals surface area (Å²) in [6.45, 7) is 4.19. The van der Waals surface area contributed by atoms with E-state index in [-0.39, 0.29) is 0 Å². The van der Waals surface area contributed by atoms with E-state index >= 15 is 0 Å². The van der Waals surface area contributed by atoms with Gasteiger partial charge in [-0.15, -0.1) is 11.3 Å². The fraction of sp³-hybridized carbons (Fsp3) is 0.231. The van der Waals surface area contributed by atoms with Gasteiger partial charge in [0.15, 0.2) is 5.13 Å².